The second kappa shape index (κ2) is 3.46. The van der Waals surface area contributed by atoms with E-state index in [1.54, 1.807) is 0 Å². The molecule has 8 heteroatoms. The Hall–Kier alpha value is -0.560. The lowest BCUT2D eigenvalue weighted by Crippen LogP contribution is -2.82. The van der Waals surface area contributed by atoms with E-state index in [0.29, 0.717) is 0 Å². The van der Waals surface area contributed by atoms with Crippen LogP contribution in [0, 0.1) is 0 Å². The van der Waals surface area contributed by atoms with Gasteiger partial charge in [0.25, 0.3) is 0 Å². The summed E-state index contributed by atoms with van der Waals surface area (Å²) in [7, 11) is 0. The van der Waals surface area contributed by atoms with Gasteiger partial charge in [-0.3, -0.25) is 0 Å². The average Bonchev–Trinajstić information content (AvgIpc) is 1.98. The quantitative estimate of drug-likeness (QED) is 0.572. The summed E-state index contributed by atoms with van der Waals surface area (Å²) in [5.74, 6) is -23.9. The molecule has 0 amide bonds. The van der Waals surface area contributed by atoms with E-state index in [2.05, 4.69) is 0 Å². The minimum atomic E-state index is -5.97. The van der Waals surface area contributed by atoms with Crippen molar-refractivity contribution < 1.29 is 35.1 Å². The maximum atomic E-state index is 11.6. The van der Waals surface area contributed by atoms with Crippen LogP contribution < -0.4 is 0 Å². The molecule has 96 valence electrons. The molecule has 0 unspecified atom stereocenters. The molecule has 0 bridgehead atoms. The van der Waals surface area contributed by atoms with E-state index in [1.807, 2.05) is 0 Å². The van der Waals surface area contributed by atoms with Crippen molar-refractivity contribution >= 4 is 0 Å². The van der Waals surface area contributed by atoms with Crippen molar-refractivity contribution in [1.29, 1.82) is 0 Å². The Balaban J connectivity index is 0.000000267. The number of hydrogen-bond acceptors (Lipinski definition) is 0. The van der Waals surface area contributed by atoms with Crippen molar-refractivity contribution in [3.05, 3.63) is 0 Å². The van der Waals surface area contributed by atoms with Crippen LogP contribution in [0.3, 0.4) is 0 Å². The predicted octanol–water partition coefficient (Wildman–Crippen LogP) is 4.10. The van der Waals surface area contributed by atoms with Crippen LogP contribution in [-0.2, 0) is 0 Å². The zero-order chi connectivity index (χ0) is 12.8. The van der Waals surface area contributed by atoms with Gasteiger partial charge in [0.2, 0.25) is 0 Å². The van der Waals surface area contributed by atoms with Gasteiger partial charge in [0.15, 0.2) is 0 Å². The Labute approximate surface area is 85.6 Å². The molecule has 0 aliphatic heterocycles. The Bertz CT molecular complexity index is 197. The molecular weight excluding hydrogens is 248 g/mol. The van der Waals surface area contributed by atoms with Crippen molar-refractivity contribution in [1.82, 2.24) is 0 Å². The van der Waals surface area contributed by atoms with Crippen LogP contribution in [0.4, 0.5) is 35.1 Å². The summed E-state index contributed by atoms with van der Waals surface area (Å²) in [6.45, 7) is 0. The lowest BCUT2D eigenvalue weighted by Gasteiger charge is -2.49. The molecule has 0 saturated heterocycles. The third kappa shape index (κ3) is 1.34. The molecular formula is C8H8F8. The molecule has 0 radical (unpaired) electrons. The Kier molecular flexibility index (Phi) is 2.92. The summed E-state index contributed by atoms with van der Waals surface area (Å²) in [5.41, 5.74) is 0. The van der Waals surface area contributed by atoms with Crippen molar-refractivity contribution in [3.63, 3.8) is 0 Å². The van der Waals surface area contributed by atoms with Crippen molar-refractivity contribution in [2.45, 2.75) is 49.4 Å². The van der Waals surface area contributed by atoms with Crippen molar-refractivity contribution in [2.24, 2.45) is 0 Å². The summed E-state index contributed by atoms with van der Waals surface area (Å²) in [6.07, 6.45) is 6.00. The first-order valence-electron chi connectivity index (χ1n) is 4.51. The van der Waals surface area contributed by atoms with E-state index in [4.69, 9.17) is 0 Å². The molecule has 0 heterocycles. The molecule has 0 spiro atoms. The van der Waals surface area contributed by atoms with E-state index < -0.39 is 23.7 Å². The van der Waals surface area contributed by atoms with Crippen molar-refractivity contribution in [2.75, 3.05) is 0 Å². The van der Waals surface area contributed by atoms with Crippen LogP contribution in [0.1, 0.15) is 25.7 Å². The highest BCUT2D eigenvalue weighted by atomic mass is 19.4. The largest absolute Gasteiger partial charge is 0.385 e. The predicted molar refractivity (Wildman–Crippen MR) is 38.3 cm³/mol. The summed E-state index contributed by atoms with van der Waals surface area (Å²) in [5, 5.41) is 0. The van der Waals surface area contributed by atoms with Crippen LogP contribution in [0.2, 0.25) is 0 Å². The van der Waals surface area contributed by atoms with Gasteiger partial charge in [-0.2, -0.15) is 35.1 Å². The normalized spacial score (nSPS) is 31.5. The molecule has 2 fully saturated rings. The van der Waals surface area contributed by atoms with E-state index in [1.165, 1.54) is 25.7 Å². The molecule has 0 nitrogen and oxygen atoms in total. The van der Waals surface area contributed by atoms with Gasteiger partial charge < -0.3 is 0 Å². The molecule has 0 aromatic carbocycles. The Morgan fingerprint density at radius 1 is 0.375 bits per heavy atom. The molecule has 2 aliphatic rings. The number of rotatable bonds is 0. The highest BCUT2D eigenvalue weighted by Crippen LogP contribution is 2.69. The summed E-state index contributed by atoms with van der Waals surface area (Å²) in [4.78, 5) is 0. The van der Waals surface area contributed by atoms with Gasteiger partial charge in [-0.25, -0.2) is 0 Å². The fourth-order valence-electron chi connectivity index (χ4n) is 0.976. The molecule has 0 atom stereocenters. The van der Waals surface area contributed by atoms with Gasteiger partial charge in [0.1, 0.15) is 0 Å². The fourth-order valence-corrected chi connectivity index (χ4v) is 0.976. The van der Waals surface area contributed by atoms with Crippen LogP contribution in [0.5, 0.6) is 0 Å². The first kappa shape index (κ1) is 13.5. The number of halogens is 8. The third-order valence-electron chi connectivity index (χ3n) is 2.58. The first-order chi connectivity index (χ1) is 7.00. The monoisotopic (exact) mass is 256 g/mol. The van der Waals surface area contributed by atoms with Crippen LogP contribution >= 0.6 is 0 Å². The maximum absolute atomic E-state index is 11.6. The van der Waals surface area contributed by atoms with Crippen LogP contribution in [-0.4, -0.2) is 23.7 Å². The topological polar surface area (TPSA) is 0 Å². The van der Waals surface area contributed by atoms with Gasteiger partial charge in [-0.15, -0.1) is 0 Å². The van der Waals surface area contributed by atoms with E-state index >= 15 is 0 Å². The Morgan fingerprint density at radius 2 is 0.500 bits per heavy atom. The zero-order valence-corrected chi connectivity index (χ0v) is 7.85. The van der Waals surface area contributed by atoms with Crippen LogP contribution in [0.25, 0.3) is 0 Å². The number of alkyl halides is 8. The standard InChI is InChI=1S/C4F8.C4H8/c5-1(6)2(7,8)4(11,12)3(1,9)10;1-2-4-3-1/h;1-4H2. The van der Waals surface area contributed by atoms with E-state index in [-0.39, 0.29) is 0 Å². The van der Waals surface area contributed by atoms with Crippen LogP contribution in [0.15, 0.2) is 0 Å². The summed E-state index contributed by atoms with van der Waals surface area (Å²) in [6, 6.07) is 0. The SMILES string of the molecule is C1CCC1.FC1(F)C(F)(F)C(F)(F)C1(F)F. The third-order valence-corrected chi connectivity index (χ3v) is 2.58. The van der Waals surface area contributed by atoms with Gasteiger partial charge in [-0.1, -0.05) is 25.7 Å². The fraction of sp³-hybridized carbons (Fsp3) is 1.00. The molecule has 2 saturated carbocycles. The number of hydrogen-bond donors (Lipinski definition) is 0. The molecule has 16 heavy (non-hydrogen) atoms. The highest BCUT2D eigenvalue weighted by molar-refractivity contribution is 5.22. The molecule has 0 N–H and O–H groups in total. The molecule has 0 aromatic heterocycles. The summed E-state index contributed by atoms with van der Waals surface area (Å²) < 4.78 is 92.9. The van der Waals surface area contributed by atoms with Gasteiger partial charge in [-0.05, 0) is 0 Å². The summed E-state index contributed by atoms with van der Waals surface area (Å²) >= 11 is 0. The average molecular weight is 256 g/mol. The lowest BCUT2D eigenvalue weighted by atomic mass is 9.80. The van der Waals surface area contributed by atoms with Gasteiger partial charge in [0, 0.05) is 0 Å². The molecule has 0 aromatic rings. The molecule has 2 rings (SSSR count). The zero-order valence-electron chi connectivity index (χ0n) is 7.85. The maximum Gasteiger partial charge on any atom is 0.385 e. The van der Waals surface area contributed by atoms with E-state index in [0.717, 1.165) is 0 Å². The smallest absolute Gasteiger partial charge is 0.192 e. The minimum Gasteiger partial charge on any atom is -0.192 e. The highest BCUT2D eigenvalue weighted by Gasteiger charge is 3.01. The Morgan fingerprint density at radius 3 is 0.562 bits per heavy atom. The van der Waals surface area contributed by atoms with Gasteiger partial charge >= 0.3 is 23.7 Å². The first-order valence-corrected chi connectivity index (χ1v) is 4.51. The second-order valence-electron chi connectivity index (χ2n) is 3.71. The minimum absolute atomic E-state index is 1.50. The lowest BCUT2D eigenvalue weighted by molar-refractivity contribution is -0.506. The second-order valence-corrected chi connectivity index (χ2v) is 3.71. The molecule has 2 aliphatic carbocycles. The van der Waals surface area contributed by atoms with Gasteiger partial charge in [0.05, 0.1) is 0 Å². The van der Waals surface area contributed by atoms with E-state index in [9.17, 15) is 35.1 Å². The van der Waals surface area contributed by atoms with Crippen molar-refractivity contribution in [3.8, 4) is 0 Å².